The first-order valence-corrected chi connectivity index (χ1v) is 9.12. The van der Waals surface area contributed by atoms with Gasteiger partial charge in [0.15, 0.2) is 17.3 Å². The normalized spacial score (nSPS) is 10.6. The van der Waals surface area contributed by atoms with Crippen molar-refractivity contribution in [1.29, 1.82) is 0 Å². The predicted molar refractivity (Wildman–Crippen MR) is 108 cm³/mol. The Bertz CT molecular complexity index is 999. The summed E-state index contributed by atoms with van der Waals surface area (Å²) in [5, 5.41) is 7.51. The Balaban J connectivity index is 1.79. The largest absolute Gasteiger partial charge is 0.493 e. The van der Waals surface area contributed by atoms with E-state index in [1.165, 1.54) is 7.11 Å². The number of halogens is 1. The van der Waals surface area contributed by atoms with Gasteiger partial charge in [-0.1, -0.05) is 11.6 Å². The van der Waals surface area contributed by atoms with Gasteiger partial charge in [-0.25, -0.2) is 9.67 Å². The highest BCUT2D eigenvalue weighted by Gasteiger charge is 2.16. The zero-order valence-electron chi connectivity index (χ0n) is 16.1. The molecule has 0 spiro atoms. The number of benzene rings is 1. The highest BCUT2D eigenvalue weighted by atomic mass is 35.5. The Labute approximate surface area is 168 Å². The summed E-state index contributed by atoms with van der Waals surface area (Å²) in [5.41, 5.74) is 2.81. The molecule has 2 heterocycles. The van der Waals surface area contributed by atoms with Crippen LogP contribution in [0.3, 0.4) is 0 Å². The van der Waals surface area contributed by atoms with Crippen LogP contribution < -0.4 is 14.8 Å². The van der Waals surface area contributed by atoms with Gasteiger partial charge in [0.1, 0.15) is 0 Å². The molecular formula is C20H21ClN4O3. The second-order valence-corrected chi connectivity index (χ2v) is 6.53. The molecule has 1 amide bonds. The van der Waals surface area contributed by atoms with Gasteiger partial charge in [-0.3, -0.25) is 4.79 Å². The van der Waals surface area contributed by atoms with Crippen LogP contribution in [0.25, 0.3) is 5.82 Å². The van der Waals surface area contributed by atoms with E-state index in [1.807, 2.05) is 26.8 Å². The minimum Gasteiger partial charge on any atom is -0.493 e. The molecule has 0 radical (unpaired) electrons. The van der Waals surface area contributed by atoms with E-state index in [0.29, 0.717) is 40.2 Å². The summed E-state index contributed by atoms with van der Waals surface area (Å²) in [4.78, 5) is 17.0. The van der Waals surface area contributed by atoms with E-state index >= 15 is 0 Å². The van der Waals surface area contributed by atoms with Crippen molar-refractivity contribution < 1.29 is 14.3 Å². The monoisotopic (exact) mass is 400 g/mol. The van der Waals surface area contributed by atoms with Crippen LogP contribution in [0, 0.1) is 13.8 Å². The second kappa shape index (κ2) is 8.31. The maximum atomic E-state index is 12.6. The molecule has 0 aliphatic heterocycles. The van der Waals surface area contributed by atoms with Gasteiger partial charge in [0.2, 0.25) is 0 Å². The lowest BCUT2D eigenvalue weighted by Gasteiger charge is -2.13. The molecule has 1 N–H and O–H groups in total. The van der Waals surface area contributed by atoms with Crippen LogP contribution in [-0.2, 0) is 0 Å². The number of hydrogen-bond donors (Lipinski definition) is 1. The van der Waals surface area contributed by atoms with Crippen LogP contribution in [0.4, 0.5) is 5.69 Å². The average Bonchev–Trinajstić information content (AvgIpc) is 3.02. The number of aryl methyl sites for hydroxylation is 2. The Hall–Kier alpha value is -3.06. The molecular weight excluding hydrogens is 380 g/mol. The van der Waals surface area contributed by atoms with Crippen molar-refractivity contribution in [3.63, 3.8) is 0 Å². The molecule has 146 valence electrons. The number of hydrogen-bond acceptors (Lipinski definition) is 5. The van der Waals surface area contributed by atoms with Gasteiger partial charge in [-0.15, -0.1) is 0 Å². The predicted octanol–water partition coefficient (Wildman–Crippen LogP) is 4.20. The number of methoxy groups -OCH3 is 1. The van der Waals surface area contributed by atoms with Crippen molar-refractivity contribution in [3.8, 4) is 17.3 Å². The molecule has 28 heavy (non-hydrogen) atoms. The summed E-state index contributed by atoms with van der Waals surface area (Å²) < 4.78 is 12.5. The number of anilines is 1. The van der Waals surface area contributed by atoms with Gasteiger partial charge >= 0.3 is 0 Å². The van der Waals surface area contributed by atoms with Crippen molar-refractivity contribution in [2.24, 2.45) is 0 Å². The smallest absolute Gasteiger partial charge is 0.255 e. The lowest BCUT2D eigenvalue weighted by Crippen LogP contribution is -2.13. The fourth-order valence-corrected chi connectivity index (χ4v) is 3.05. The molecule has 8 heteroatoms. The molecule has 0 fully saturated rings. The number of nitrogens with one attached hydrogen (secondary N) is 1. The fourth-order valence-electron chi connectivity index (χ4n) is 2.78. The van der Waals surface area contributed by atoms with E-state index in [1.54, 1.807) is 35.1 Å². The minimum atomic E-state index is -0.330. The minimum absolute atomic E-state index is 0.310. The van der Waals surface area contributed by atoms with E-state index in [4.69, 9.17) is 21.1 Å². The van der Waals surface area contributed by atoms with Gasteiger partial charge in [0.25, 0.3) is 5.91 Å². The molecule has 0 saturated carbocycles. The average molecular weight is 401 g/mol. The third-order valence-corrected chi connectivity index (χ3v) is 4.29. The molecule has 1 aromatic carbocycles. The summed E-state index contributed by atoms with van der Waals surface area (Å²) in [6.45, 7) is 6.17. The molecule has 0 aliphatic rings. The van der Waals surface area contributed by atoms with Gasteiger partial charge < -0.3 is 14.8 Å². The van der Waals surface area contributed by atoms with E-state index < -0.39 is 0 Å². The summed E-state index contributed by atoms with van der Waals surface area (Å²) in [5.74, 6) is 1.16. The quantitative estimate of drug-likeness (QED) is 0.671. The van der Waals surface area contributed by atoms with Crippen LogP contribution in [0.15, 0.2) is 36.5 Å². The molecule has 7 nitrogen and oxygen atoms in total. The number of carbonyl (C=O) groups excluding carboxylic acids is 1. The van der Waals surface area contributed by atoms with Crippen molar-refractivity contribution in [2.45, 2.75) is 20.8 Å². The van der Waals surface area contributed by atoms with Crippen molar-refractivity contribution in [1.82, 2.24) is 14.8 Å². The first-order chi connectivity index (χ1) is 13.4. The first kappa shape index (κ1) is 19.7. The van der Waals surface area contributed by atoms with Crippen LogP contribution in [0.5, 0.6) is 11.5 Å². The lowest BCUT2D eigenvalue weighted by atomic mass is 10.2. The van der Waals surface area contributed by atoms with Crippen molar-refractivity contribution in [2.75, 3.05) is 19.0 Å². The Morgan fingerprint density at radius 3 is 2.61 bits per heavy atom. The maximum absolute atomic E-state index is 12.6. The Kier molecular flexibility index (Phi) is 5.84. The standard InChI is InChI=1S/C20H21ClN4O3/c1-5-28-19-16(21)9-14(10-17(19)27-4)20(26)23-15-6-7-18(22-11-15)25-13(3)8-12(2)24-25/h6-11H,5H2,1-4H3,(H,23,26). The molecule has 0 aliphatic carbocycles. The van der Waals surface area contributed by atoms with Crippen molar-refractivity contribution in [3.05, 3.63) is 58.5 Å². The fraction of sp³-hybridized carbons (Fsp3) is 0.250. The number of nitrogens with zero attached hydrogens (tertiary/aromatic N) is 3. The molecule has 3 rings (SSSR count). The maximum Gasteiger partial charge on any atom is 0.255 e. The number of ether oxygens (including phenoxy) is 2. The summed E-state index contributed by atoms with van der Waals surface area (Å²) in [7, 11) is 1.50. The van der Waals surface area contributed by atoms with Gasteiger partial charge in [0.05, 0.1) is 36.3 Å². The number of rotatable bonds is 6. The van der Waals surface area contributed by atoms with Crippen molar-refractivity contribution >= 4 is 23.2 Å². The van der Waals surface area contributed by atoms with Gasteiger partial charge in [-0.2, -0.15) is 5.10 Å². The van der Waals surface area contributed by atoms with Crippen LogP contribution in [0.1, 0.15) is 28.7 Å². The second-order valence-electron chi connectivity index (χ2n) is 6.12. The van der Waals surface area contributed by atoms with Gasteiger partial charge in [-0.05, 0) is 51.1 Å². The number of aromatic nitrogens is 3. The SMILES string of the molecule is CCOc1c(Cl)cc(C(=O)Nc2ccc(-n3nc(C)cc3C)nc2)cc1OC. The third kappa shape index (κ3) is 4.09. The lowest BCUT2D eigenvalue weighted by molar-refractivity contribution is 0.102. The third-order valence-electron chi connectivity index (χ3n) is 4.01. The van der Waals surface area contributed by atoms with E-state index in [2.05, 4.69) is 15.4 Å². The number of carbonyl (C=O) groups is 1. The summed E-state index contributed by atoms with van der Waals surface area (Å²) >= 11 is 6.24. The highest BCUT2D eigenvalue weighted by molar-refractivity contribution is 6.32. The Morgan fingerprint density at radius 1 is 1.25 bits per heavy atom. The van der Waals surface area contributed by atoms with Crippen LogP contribution in [-0.4, -0.2) is 34.4 Å². The zero-order chi connectivity index (χ0) is 20.3. The molecule has 0 unspecified atom stereocenters. The zero-order valence-corrected chi connectivity index (χ0v) is 16.9. The summed E-state index contributed by atoms with van der Waals surface area (Å²) in [6, 6.07) is 8.66. The topological polar surface area (TPSA) is 78.3 Å². The molecule has 0 saturated heterocycles. The number of pyridine rings is 1. The Morgan fingerprint density at radius 2 is 2.04 bits per heavy atom. The van der Waals surface area contributed by atoms with E-state index in [9.17, 15) is 4.79 Å². The van der Waals surface area contributed by atoms with Crippen LogP contribution >= 0.6 is 11.6 Å². The summed E-state index contributed by atoms with van der Waals surface area (Å²) in [6.07, 6.45) is 1.58. The molecule has 3 aromatic rings. The highest BCUT2D eigenvalue weighted by Crippen LogP contribution is 2.36. The number of amides is 1. The van der Waals surface area contributed by atoms with Crippen LogP contribution in [0.2, 0.25) is 5.02 Å². The molecule has 0 bridgehead atoms. The first-order valence-electron chi connectivity index (χ1n) is 8.74. The van der Waals surface area contributed by atoms with E-state index in [-0.39, 0.29) is 5.91 Å². The molecule has 2 aromatic heterocycles. The van der Waals surface area contributed by atoms with Gasteiger partial charge in [0, 0.05) is 11.3 Å². The van der Waals surface area contributed by atoms with E-state index in [0.717, 1.165) is 11.4 Å². The molecule has 0 atom stereocenters.